The molecular weight excluding hydrogens is 687 g/mol. The Morgan fingerprint density at radius 1 is 0.854 bits per heavy atom. The Labute approximate surface area is 255 Å². The van der Waals surface area contributed by atoms with Crippen LogP contribution in [0.4, 0.5) is 0 Å². The van der Waals surface area contributed by atoms with Crippen molar-refractivity contribution in [1.29, 1.82) is 0 Å². The topological polar surface area (TPSA) is 59.4 Å². The molecule has 41 heavy (non-hydrogen) atoms. The van der Waals surface area contributed by atoms with E-state index in [2.05, 4.69) is 53.5 Å². The number of hydrogen-bond acceptors (Lipinski definition) is 4. The molecule has 0 amide bonds. The summed E-state index contributed by atoms with van der Waals surface area (Å²) in [5.41, 5.74) is 3.23. The molecule has 4 nitrogen and oxygen atoms in total. The molecule has 6 rings (SSSR count). The Balaban J connectivity index is 0.000000212. The second-order valence-electron chi connectivity index (χ2n) is 10.4. The van der Waals surface area contributed by atoms with Crippen LogP contribution in [0, 0.1) is 17.9 Å². The van der Waals surface area contributed by atoms with Crippen LogP contribution in [0.3, 0.4) is 0 Å². The number of carbonyl (C=O) groups is 1. The summed E-state index contributed by atoms with van der Waals surface area (Å²) in [6.07, 6.45) is 6.79. The summed E-state index contributed by atoms with van der Waals surface area (Å²) in [6, 6.07) is 26.4. The van der Waals surface area contributed by atoms with Crippen LogP contribution in [-0.2, 0) is 24.9 Å². The summed E-state index contributed by atoms with van der Waals surface area (Å²) in [7, 11) is 0. The van der Waals surface area contributed by atoms with E-state index in [4.69, 9.17) is 4.74 Å². The van der Waals surface area contributed by atoms with E-state index in [9.17, 15) is 9.90 Å². The standard InChI is InChI=1S/C23H12NO.C13H24O2.Ir/c1-2-6-15-12-19-16(11-14(15)5-1)13-21-22-18(9-10-24-23(19)22)17-7-3-4-8-20(17)25-21;1-5-10(6-2)12(14)9-13(15)11(7-3)8-4;/h1-11,13H;9-11,14H,5-8H2,1-4H3;/q-1;;/b;12-9-;. The van der Waals surface area contributed by atoms with Crippen LogP contribution >= 0.6 is 0 Å². The predicted molar refractivity (Wildman–Crippen MR) is 165 cm³/mol. The van der Waals surface area contributed by atoms with E-state index >= 15 is 0 Å². The minimum Gasteiger partial charge on any atom is -0.512 e. The van der Waals surface area contributed by atoms with E-state index in [1.807, 2.05) is 58.2 Å². The van der Waals surface area contributed by atoms with Gasteiger partial charge in [0.05, 0.1) is 5.76 Å². The summed E-state index contributed by atoms with van der Waals surface area (Å²) in [5, 5.41) is 15.3. The summed E-state index contributed by atoms with van der Waals surface area (Å²) >= 11 is 0. The molecule has 5 aromatic rings. The van der Waals surface area contributed by atoms with Gasteiger partial charge in [-0.3, -0.25) is 9.78 Å². The number of fused-ring (bicyclic) bond motifs is 5. The van der Waals surface area contributed by atoms with Gasteiger partial charge in [-0.25, -0.2) is 0 Å². The minimum atomic E-state index is 0. The summed E-state index contributed by atoms with van der Waals surface area (Å²) in [5.74, 6) is 2.31. The largest absolute Gasteiger partial charge is 0.512 e. The molecule has 1 aliphatic heterocycles. The first-order valence-electron chi connectivity index (χ1n) is 14.4. The van der Waals surface area contributed by atoms with Crippen molar-refractivity contribution in [3.8, 4) is 22.6 Å². The molecule has 0 saturated carbocycles. The molecule has 213 valence electrons. The van der Waals surface area contributed by atoms with E-state index in [-0.39, 0.29) is 43.5 Å². The molecule has 0 atom stereocenters. The number of aliphatic hydroxyl groups is 1. The molecule has 0 spiro atoms. The first kappa shape index (κ1) is 30.4. The Morgan fingerprint density at radius 3 is 2.27 bits per heavy atom. The number of nitrogens with zero attached hydrogens (tertiary/aromatic N) is 1. The molecule has 2 heterocycles. The van der Waals surface area contributed by atoms with E-state index in [1.54, 1.807) is 0 Å². The maximum Gasteiger partial charge on any atom is 0.162 e. The van der Waals surface area contributed by atoms with Crippen LogP contribution in [0.2, 0.25) is 0 Å². The van der Waals surface area contributed by atoms with Gasteiger partial charge in [0.2, 0.25) is 0 Å². The number of allylic oxidation sites excluding steroid dienone is 2. The number of ketones is 1. The van der Waals surface area contributed by atoms with E-state index < -0.39 is 0 Å². The van der Waals surface area contributed by atoms with Gasteiger partial charge in [-0.2, -0.15) is 0 Å². The molecule has 0 fully saturated rings. The van der Waals surface area contributed by atoms with Crippen molar-refractivity contribution < 1.29 is 34.7 Å². The number of ether oxygens (including phenoxy) is 1. The van der Waals surface area contributed by atoms with E-state index in [0.717, 1.165) is 69.8 Å². The monoisotopic (exact) mass is 723 g/mol. The van der Waals surface area contributed by atoms with Gasteiger partial charge < -0.3 is 9.84 Å². The van der Waals surface area contributed by atoms with Crippen molar-refractivity contribution in [2.24, 2.45) is 11.8 Å². The van der Waals surface area contributed by atoms with Gasteiger partial charge in [0.1, 0.15) is 11.5 Å². The third-order valence-corrected chi connectivity index (χ3v) is 8.02. The van der Waals surface area contributed by atoms with Crippen molar-refractivity contribution >= 4 is 38.2 Å². The zero-order chi connectivity index (χ0) is 28.2. The van der Waals surface area contributed by atoms with Gasteiger partial charge in [-0.05, 0) is 49.4 Å². The maximum atomic E-state index is 11.7. The zero-order valence-corrected chi connectivity index (χ0v) is 26.4. The third-order valence-electron chi connectivity index (χ3n) is 8.02. The number of para-hydroxylation sites is 1. The van der Waals surface area contributed by atoms with Crippen molar-refractivity contribution in [3.63, 3.8) is 0 Å². The maximum absolute atomic E-state index is 11.7. The van der Waals surface area contributed by atoms with Crippen LogP contribution < -0.4 is 4.74 Å². The van der Waals surface area contributed by atoms with E-state index in [0.29, 0.717) is 0 Å². The number of aromatic nitrogens is 1. The fourth-order valence-electron chi connectivity index (χ4n) is 5.59. The van der Waals surface area contributed by atoms with Crippen molar-refractivity contribution in [2.75, 3.05) is 0 Å². The Hall–Kier alpha value is -3.53. The van der Waals surface area contributed by atoms with Gasteiger partial charge in [0.25, 0.3) is 0 Å². The number of aliphatic hydroxyl groups excluding tert-OH is 1. The second-order valence-corrected chi connectivity index (χ2v) is 10.4. The fraction of sp³-hybridized carbons (Fsp3) is 0.278. The van der Waals surface area contributed by atoms with Gasteiger partial charge >= 0.3 is 0 Å². The zero-order valence-electron chi connectivity index (χ0n) is 24.0. The second kappa shape index (κ2) is 13.4. The number of hydrogen-bond donors (Lipinski definition) is 1. The summed E-state index contributed by atoms with van der Waals surface area (Å²) in [6.45, 7) is 8.07. The molecule has 1 radical (unpaired) electrons. The molecule has 0 unspecified atom stereocenters. The van der Waals surface area contributed by atoms with Crippen LogP contribution in [0.1, 0.15) is 53.4 Å². The summed E-state index contributed by atoms with van der Waals surface area (Å²) < 4.78 is 6.22. The molecule has 1 aromatic heterocycles. The molecule has 4 aromatic carbocycles. The van der Waals surface area contributed by atoms with Crippen LogP contribution in [0.25, 0.3) is 43.6 Å². The Kier molecular flexibility index (Phi) is 9.96. The molecular formula is C36H36IrNO3-. The molecule has 1 aliphatic rings. The first-order valence-corrected chi connectivity index (χ1v) is 14.4. The first-order chi connectivity index (χ1) is 19.5. The normalized spacial score (nSPS) is 12.1. The number of carbonyl (C=O) groups excluding carboxylic acids is 1. The molecule has 0 bridgehead atoms. The molecule has 5 heteroatoms. The number of benzene rings is 4. The average molecular weight is 723 g/mol. The van der Waals surface area contributed by atoms with Crippen molar-refractivity contribution in [2.45, 2.75) is 53.4 Å². The number of rotatable bonds is 7. The van der Waals surface area contributed by atoms with E-state index in [1.165, 1.54) is 17.0 Å². The third kappa shape index (κ3) is 6.07. The van der Waals surface area contributed by atoms with Crippen LogP contribution in [0.5, 0.6) is 11.5 Å². The fourth-order valence-corrected chi connectivity index (χ4v) is 5.59. The quantitative estimate of drug-likeness (QED) is 0.0586. The van der Waals surface area contributed by atoms with Gasteiger partial charge in [0.15, 0.2) is 5.78 Å². The Morgan fingerprint density at radius 2 is 1.54 bits per heavy atom. The smallest absolute Gasteiger partial charge is 0.162 e. The number of pyridine rings is 1. The molecule has 1 N–H and O–H groups in total. The molecule has 0 aliphatic carbocycles. The van der Waals surface area contributed by atoms with Gasteiger partial charge in [-0.1, -0.05) is 80.3 Å². The van der Waals surface area contributed by atoms with Crippen LogP contribution in [0.15, 0.2) is 84.8 Å². The summed E-state index contributed by atoms with van der Waals surface area (Å²) in [4.78, 5) is 16.4. The average Bonchev–Trinajstić information content (AvgIpc) is 2.98. The van der Waals surface area contributed by atoms with Crippen LogP contribution in [-0.4, -0.2) is 15.9 Å². The van der Waals surface area contributed by atoms with Crippen molar-refractivity contribution in [1.82, 2.24) is 4.98 Å². The predicted octanol–water partition coefficient (Wildman–Crippen LogP) is 9.98. The minimum absolute atomic E-state index is 0. The Bertz CT molecular complexity index is 1720. The van der Waals surface area contributed by atoms with Gasteiger partial charge in [0, 0.05) is 60.7 Å². The SMILES string of the molecule is CCC(CC)C(=O)/C=C(\O)C(CC)CC.[Ir].[c-]1c2ccccc2cc2cc3c4c(ccnc4c12)-c1ccccc1O3. The molecule has 0 saturated heterocycles. The van der Waals surface area contributed by atoms with Gasteiger partial charge in [-0.15, -0.1) is 23.6 Å². The van der Waals surface area contributed by atoms with Crippen molar-refractivity contribution in [3.05, 3.63) is 90.8 Å².